The third-order valence-corrected chi connectivity index (χ3v) is 4.44. The summed E-state index contributed by atoms with van der Waals surface area (Å²) in [5.74, 6) is 0.256. The lowest BCUT2D eigenvalue weighted by Gasteiger charge is -2.23. The Morgan fingerprint density at radius 1 is 1.08 bits per heavy atom. The van der Waals surface area contributed by atoms with Crippen LogP contribution in [0.25, 0.3) is 0 Å². The smallest absolute Gasteiger partial charge is 0.407 e. The maximum Gasteiger partial charge on any atom is 0.407 e. The third kappa shape index (κ3) is 6.60. The molecule has 25 heavy (non-hydrogen) atoms. The van der Waals surface area contributed by atoms with E-state index in [2.05, 4.69) is 5.32 Å². The average molecular weight is 359 g/mol. The zero-order valence-electron chi connectivity index (χ0n) is 13.9. The minimum absolute atomic E-state index is 0.0790. The van der Waals surface area contributed by atoms with E-state index in [9.17, 15) is 14.7 Å². The van der Waals surface area contributed by atoms with Crippen LogP contribution < -0.4 is 5.32 Å². The Morgan fingerprint density at radius 2 is 1.68 bits per heavy atom. The molecule has 0 fully saturated rings. The maximum absolute atomic E-state index is 12.1. The van der Waals surface area contributed by atoms with Crippen molar-refractivity contribution >= 4 is 23.0 Å². The predicted molar refractivity (Wildman–Crippen MR) is 98.1 cm³/mol. The van der Waals surface area contributed by atoms with Gasteiger partial charge < -0.3 is 15.2 Å². The van der Waals surface area contributed by atoms with Gasteiger partial charge >= 0.3 is 6.09 Å². The van der Waals surface area contributed by atoms with E-state index in [-0.39, 0.29) is 17.5 Å². The van der Waals surface area contributed by atoms with Crippen molar-refractivity contribution in [3.05, 3.63) is 71.8 Å². The van der Waals surface area contributed by atoms with Gasteiger partial charge in [0.25, 0.3) is 0 Å². The summed E-state index contributed by atoms with van der Waals surface area (Å²) in [4.78, 5) is 23.3. The summed E-state index contributed by atoms with van der Waals surface area (Å²) in [7, 11) is 0. The molecule has 2 rings (SSSR count). The molecule has 2 atom stereocenters. The van der Waals surface area contributed by atoms with E-state index in [1.54, 1.807) is 24.3 Å². The number of rotatable bonds is 7. The normalized spacial score (nSPS) is 12.9. The van der Waals surface area contributed by atoms with Crippen LogP contribution in [-0.4, -0.2) is 28.1 Å². The van der Waals surface area contributed by atoms with Gasteiger partial charge in [0.15, 0.2) is 5.12 Å². The van der Waals surface area contributed by atoms with Crippen molar-refractivity contribution in [1.29, 1.82) is 0 Å². The van der Waals surface area contributed by atoms with Gasteiger partial charge in [-0.25, -0.2) is 4.79 Å². The van der Waals surface area contributed by atoms with Crippen molar-refractivity contribution in [2.24, 2.45) is 0 Å². The molecule has 6 heteroatoms. The highest BCUT2D eigenvalue weighted by molar-refractivity contribution is 8.13. The predicted octanol–water partition coefficient (Wildman–Crippen LogP) is 3.29. The SMILES string of the molecule is CC(=O)SC[C@H](NC(=O)OCc1ccccc1)[C@@H](O)c1ccccc1. The van der Waals surface area contributed by atoms with Crippen molar-refractivity contribution < 1.29 is 19.4 Å². The highest BCUT2D eigenvalue weighted by Crippen LogP contribution is 2.20. The number of hydrogen-bond acceptors (Lipinski definition) is 5. The lowest BCUT2D eigenvalue weighted by atomic mass is 10.0. The number of hydrogen-bond donors (Lipinski definition) is 2. The molecule has 0 aromatic heterocycles. The van der Waals surface area contributed by atoms with E-state index in [1.807, 2.05) is 36.4 Å². The molecule has 2 aromatic rings. The molecule has 2 aromatic carbocycles. The molecule has 0 spiro atoms. The highest BCUT2D eigenvalue weighted by Gasteiger charge is 2.24. The number of nitrogens with one attached hydrogen (secondary N) is 1. The van der Waals surface area contributed by atoms with Gasteiger partial charge in [0.05, 0.1) is 6.04 Å². The largest absolute Gasteiger partial charge is 0.445 e. The Balaban J connectivity index is 1.97. The summed E-state index contributed by atoms with van der Waals surface area (Å²) < 4.78 is 5.20. The summed E-state index contributed by atoms with van der Waals surface area (Å²) in [6.07, 6.45) is -1.56. The quantitative estimate of drug-likeness (QED) is 0.793. The molecule has 1 amide bonds. The molecule has 0 unspecified atom stereocenters. The first-order chi connectivity index (χ1) is 12.1. The number of benzene rings is 2. The van der Waals surface area contributed by atoms with E-state index >= 15 is 0 Å². The van der Waals surface area contributed by atoms with Crippen LogP contribution in [0.3, 0.4) is 0 Å². The van der Waals surface area contributed by atoms with Crippen molar-refractivity contribution in [3.8, 4) is 0 Å². The zero-order chi connectivity index (χ0) is 18.1. The fourth-order valence-electron chi connectivity index (χ4n) is 2.22. The minimum atomic E-state index is -0.933. The van der Waals surface area contributed by atoms with E-state index in [0.717, 1.165) is 17.3 Å². The van der Waals surface area contributed by atoms with Crippen LogP contribution in [0.15, 0.2) is 60.7 Å². The summed E-state index contributed by atoms with van der Waals surface area (Å²) >= 11 is 1.05. The molecule has 5 nitrogen and oxygen atoms in total. The van der Waals surface area contributed by atoms with Gasteiger partial charge in [0.1, 0.15) is 12.7 Å². The van der Waals surface area contributed by atoms with E-state index in [4.69, 9.17) is 4.74 Å². The summed E-state index contributed by atoms with van der Waals surface area (Å²) in [5, 5.41) is 13.1. The number of carbonyl (C=O) groups excluding carboxylic acids is 2. The molecule has 132 valence electrons. The molecule has 0 bridgehead atoms. The number of alkyl carbamates (subject to hydrolysis) is 1. The number of carbonyl (C=O) groups is 2. The van der Waals surface area contributed by atoms with Crippen molar-refractivity contribution in [2.75, 3.05) is 5.75 Å². The molecule has 0 aliphatic rings. The second kappa shape index (κ2) is 9.86. The molecular weight excluding hydrogens is 338 g/mol. The van der Waals surface area contributed by atoms with Gasteiger partial charge in [0, 0.05) is 12.7 Å². The Morgan fingerprint density at radius 3 is 2.28 bits per heavy atom. The summed E-state index contributed by atoms with van der Waals surface area (Å²) in [5.41, 5.74) is 1.54. The molecule has 0 saturated carbocycles. The molecule has 2 N–H and O–H groups in total. The molecule has 0 saturated heterocycles. The van der Waals surface area contributed by atoms with Crippen molar-refractivity contribution in [3.63, 3.8) is 0 Å². The minimum Gasteiger partial charge on any atom is -0.445 e. The standard InChI is InChI=1S/C19H21NO4S/c1-14(21)25-13-17(18(22)16-10-6-3-7-11-16)20-19(23)24-12-15-8-4-2-5-9-15/h2-11,17-18,22H,12-13H2,1H3,(H,20,23)/t17-,18-/m0/s1. The first-order valence-electron chi connectivity index (χ1n) is 7.90. The van der Waals surface area contributed by atoms with Crippen LogP contribution in [-0.2, 0) is 16.1 Å². The fourth-order valence-corrected chi connectivity index (χ4v) is 2.90. The topological polar surface area (TPSA) is 75.6 Å². The molecule has 0 radical (unpaired) electrons. The monoisotopic (exact) mass is 359 g/mol. The maximum atomic E-state index is 12.1. The third-order valence-electron chi connectivity index (χ3n) is 3.50. The highest BCUT2D eigenvalue weighted by atomic mass is 32.2. The molecule has 0 heterocycles. The van der Waals surface area contributed by atoms with Crippen LogP contribution in [0.2, 0.25) is 0 Å². The van der Waals surface area contributed by atoms with E-state index < -0.39 is 18.2 Å². The van der Waals surface area contributed by atoms with Gasteiger partial charge in [0.2, 0.25) is 0 Å². The Bertz CT molecular complexity index is 678. The number of aliphatic hydroxyl groups is 1. The van der Waals surface area contributed by atoms with Gasteiger partial charge in [-0.05, 0) is 11.1 Å². The summed E-state index contributed by atoms with van der Waals surface area (Å²) in [6, 6.07) is 17.7. The van der Waals surface area contributed by atoms with Crippen molar-refractivity contribution in [1.82, 2.24) is 5.32 Å². The van der Waals surface area contributed by atoms with Gasteiger partial charge in [-0.2, -0.15) is 0 Å². The van der Waals surface area contributed by atoms with Crippen LogP contribution >= 0.6 is 11.8 Å². The Hall–Kier alpha value is -2.31. The first kappa shape index (κ1) is 19.0. The lowest BCUT2D eigenvalue weighted by molar-refractivity contribution is -0.109. The molecule has 0 aliphatic heterocycles. The van der Waals surface area contributed by atoms with Gasteiger partial charge in [-0.1, -0.05) is 72.4 Å². The van der Waals surface area contributed by atoms with Crippen LogP contribution in [0, 0.1) is 0 Å². The Labute approximate surface area is 151 Å². The van der Waals surface area contributed by atoms with Crippen LogP contribution in [0.1, 0.15) is 24.2 Å². The van der Waals surface area contributed by atoms with Crippen LogP contribution in [0.4, 0.5) is 4.79 Å². The van der Waals surface area contributed by atoms with Gasteiger partial charge in [-0.15, -0.1) is 0 Å². The zero-order valence-corrected chi connectivity index (χ0v) is 14.7. The second-order valence-electron chi connectivity index (χ2n) is 5.47. The molecule has 0 aliphatic carbocycles. The fraction of sp³-hybridized carbons (Fsp3) is 0.263. The summed E-state index contributed by atoms with van der Waals surface area (Å²) in [6.45, 7) is 1.59. The number of ether oxygens (including phenoxy) is 1. The van der Waals surface area contributed by atoms with E-state index in [1.165, 1.54) is 6.92 Å². The van der Waals surface area contributed by atoms with Gasteiger partial charge in [-0.3, -0.25) is 4.79 Å². The second-order valence-corrected chi connectivity index (χ2v) is 6.67. The first-order valence-corrected chi connectivity index (χ1v) is 8.88. The van der Waals surface area contributed by atoms with Crippen molar-refractivity contribution in [2.45, 2.75) is 25.7 Å². The average Bonchev–Trinajstić information content (AvgIpc) is 2.64. The molecular formula is C19H21NO4S. The van der Waals surface area contributed by atoms with Crippen LogP contribution in [0.5, 0.6) is 0 Å². The number of amides is 1. The number of thioether (sulfide) groups is 1. The lowest BCUT2D eigenvalue weighted by Crippen LogP contribution is -2.41. The van der Waals surface area contributed by atoms with E-state index in [0.29, 0.717) is 5.56 Å². The number of aliphatic hydroxyl groups excluding tert-OH is 1. The Kier molecular flexibility index (Phi) is 7.50.